The van der Waals surface area contributed by atoms with Crippen molar-refractivity contribution in [3.05, 3.63) is 12.2 Å². The van der Waals surface area contributed by atoms with Crippen molar-refractivity contribution in [2.45, 2.75) is 51.2 Å². The summed E-state index contributed by atoms with van der Waals surface area (Å²) in [6.07, 6.45) is 6.37. The van der Waals surface area contributed by atoms with Crippen LogP contribution < -0.4 is 0 Å². The van der Waals surface area contributed by atoms with E-state index >= 15 is 0 Å². The van der Waals surface area contributed by atoms with Crippen molar-refractivity contribution < 1.29 is 0 Å². The normalized spacial score (nSPS) is 21.4. The lowest BCUT2D eigenvalue weighted by Crippen LogP contribution is -2.05. The van der Waals surface area contributed by atoms with Gasteiger partial charge in [0.2, 0.25) is 0 Å². The first-order valence-corrected chi connectivity index (χ1v) is 7.02. The standard InChI is InChI=1S/C14H22S/c1-12(2)13(3)11-15-14-9-7-5-4-6-8-10-14/h12,14H,3-7,9,11H2,1-2H3. The minimum atomic E-state index is 0.556. The SMILES string of the molecule is C=C(CSC1C#CCCCCC1)C(C)C. The smallest absolute Gasteiger partial charge is 0.0660 e. The van der Waals surface area contributed by atoms with Crippen molar-refractivity contribution in [2.75, 3.05) is 5.75 Å². The van der Waals surface area contributed by atoms with E-state index in [0.29, 0.717) is 11.2 Å². The van der Waals surface area contributed by atoms with Crippen molar-refractivity contribution in [2.24, 2.45) is 5.92 Å². The van der Waals surface area contributed by atoms with Crippen molar-refractivity contribution >= 4 is 11.8 Å². The monoisotopic (exact) mass is 222 g/mol. The molecule has 84 valence electrons. The molecule has 0 aromatic rings. The molecule has 0 aromatic carbocycles. The molecule has 1 atom stereocenters. The summed E-state index contributed by atoms with van der Waals surface area (Å²) in [5.41, 5.74) is 1.35. The molecule has 1 unspecified atom stereocenters. The summed E-state index contributed by atoms with van der Waals surface area (Å²) >= 11 is 1.98. The van der Waals surface area contributed by atoms with E-state index < -0.39 is 0 Å². The van der Waals surface area contributed by atoms with Crippen molar-refractivity contribution in [3.63, 3.8) is 0 Å². The van der Waals surface area contributed by atoms with Gasteiger partial charge in [0.15, 0.2) is 0 Å². The molecule has 0 heterocycles. The van der Waals surface area contributed by atoms with Gasteiger partial charge in [0.25, 0.3) is 0 Å². The first-order chi connectivity index (χ1) is 7.20. The van der Waals surface area contributed by atoms with Gasteiger partial charge in [0, 0.05) is 12.2 Å². The quantitative estimate of drug-likeness (QED) is 0.506. The van der Waals surface area contributed by atoms with Crippen LogP contribution >= 0.6 is 11.8 Å². The molecule has 1 aliphatic rings. The topological polar surface area (TPSA) is 0 Å². The number of rotatable bonds is 4. The second-order valence-electron chi connectivity index (χ2n) is 4.53. The Morgan fingerprint density at radius 3 is 2.93 bits per heavy atom. The van der Waals surface area contributed by atoms with Crippen LogP contribution in [0.5, 0.6) is 0 Å². The number of hydrogen-bond donors (Lipinski definition) is 0. The van der Waals surface area contributed by atoms with Gasteiger partial charge in [-0.3, -0.25) is 0 Å². The average Bonchev–Trinajstić information content (AvgIpc) is 2.15. The van der Waals surface area contributed by atoms with E-state index in [0.717, 1.165) is 12.2 Å². The van der Waals surface area contributed by atoms with Gasteiger partial charge >= 0.3 is 0 Å². The Hall–Kier alpha value is -0.350. The van der Waals surface area contributed by atoms with Crippen molar-refractivity contribution in [3.8, 4) is 11.8 Å². The molecule has 0 radical (unpaired) electrons. The molecule has 0 fully saturated rings. The van der Waals surface area contributed by atoms with Crippen LogP contribution in [0.15, 0.2) is 12.2 Å². The highest BCUT2D eigenvalue weighted by Crippen LogP contribution is 2.23. The Kier molecular flexibility index (Phi) is 5.95. The van der Waals surface area contributed by atoms with E-state index in [1.807, 2.05) is 11.8 Å². The molecule has 0 bridgehead atoms. The molecule has 0 N–H and O–H groups in total. The first-order valence-electron chi connectivity index (χ1n) is 5.98. The summed E-state index contributed by atoms with van der Waals surface area (Å²) in [6.45, 7) is 8.54. The molecule has 15 heavy (non-hydrogen) atoms. The highest BCUT2D eigenvalue weighted by Gasteiger charge is 2.09. The zero-order chi connectivity index (χ0) is 11.1. The van der Waals surface area contributed by atoms with E-state index in [1.165, 1.54) is 31.3 Å². The van der Waals surface area contributed by atoms with Gasteiger partial charge in [0.1, 0.15) is 0 Å². The van der Waals surface area contributed by atoms with Gasteiger partial charge in [-0.2, -0.15) is 0 Å². The van der Waals surface area contributed by atoms with Crippen LogP contribution in [-0.4, -0.2) is 11.0 Å². The van der Waals surface area contributed by atoms with E-state index in [1.54, 1.807) is 0 Å². The van der Waals surface area contributed by atoms with Crippen LogP contribution in [-0.2, 0) is 0 Å². The van der Waals surface area contributed by atoms with Gasteiger partial charge in [-0.15, -0.1) is 17.7 Å². The third-order valence-electron chi connectivity index (χ3n) is 2.82. The van der Waals surface area contributed by atoms with Crippen molar-refractivity contribution in [1.82, 2.24) is 0 Å². The summed E-state index contributed by atoms with van der Waals surface area (Å²) in [5, 5.41) is 0.556. The second-order valence-corrected chi connectivity index (χ2v) is 5.72. The molecule has 0 nitrogen and oxygen atoms in total. The predicted molar refractivity (Wildman–Crippen MR) is 71.1 cm³/mol. The molecule has 1 rings (SSSR count). The second kappa shape index (κ2) is 7.01. The van der Waals surface area contributed by atoms with Crippen LogP contribution in [0.2, 0.25) is 0 Å². The molecular weight excluding hydrogens is 200 g/mol. The van der Waals surface area contributed by atoms with Gasteiger partial charge in [-0.25, -0.2) is 0 Å². The zero-order valence-electron chi connectivity index (χ0n) is 10.0. The van der Waals surface area contributed by atoms with Crippen LogP contribution in [0.1, 0.15) is 46.0 Å². The fourth-order valence-corrected chi connectivity index (χ4v) is 2.73. The van der Waals surface area contributed by atoms with Crippen LogP contribution in [0.4, 0.5) is 0 Å². The summed E-state index contributed by atoms with van der Waals surface area (Å²) in [5.74, 6) is 8.37. The molecule has 1 aliphatic carbocycles. The van der Waals surface area contributed by atoms with Gasteiger partial charge in [-0.05, 0) is 18.8 Å². The van der Waals surface area contributed by atoms with E-state index in [-0.39, 0.29) is 0 Å². The van der Waals surface area contributed by atoms with E-state index in [2.05, 4.69) is 32.3 Å². The summed E-state index contributed by atoms with van der Waals surface area (Å²) < 4.78 is 0. The lowest BCUT2D eigenvalue weighted by atomic mass is 10.1. The highest BCUT2D eigenvalue weighted by molar-refractivity contribution is 8.00. The fourth-order valence-electron chi connectivity index (χ4n) is 1.48. The number of hydrogen-bond acceptors (Lipinski definition) is 1. The predicted octanol–water partition coefficient (Wildman–Crippen LogP) is 4.27. The van der Waals surface area contributed by atoms with E-state index in [4.69, 9.17) is 0 Å². The van der Waals surface area contributed by atoms with Gasteiger partial charge in [0.05, 0.1) is 5.25 Å². The maximum absolute atomic E-state index is 4.11. The molecule has 0 aromatic heterocycles. The molecule has 0 amide bonds. The average molecular weight is 222 g/mol. The third-order valence-corrected chi connectivity index (χ3v) is 4.11. The Balaban J connectivity index is 2.32. The Labute approximate surface area is 98.9 Å². The summed E-state index contributed by atoms with van der Waals surface area (Å²) in [6, 6.07) is 0. The Bertz CT molecular complexity index is 254. The molecule has 1 heteroatoms. The lowest BCUT2D eigenvalue weighted by molar-refractivity contribution is 0.657. The van der Waals surface area contributed by atoms with E-state index in [9.17, 15) is 0 Å². The van der Waals surface area contributed by atoms with Gasteiger partial charge in [-0.1, -0.05) is 44.8 Å². The zero-order valence-corrected chi connectivity index (χ0v) is 10.8. The van der Waals surface area contributed by atoms with Crippen molar-refractivity contribution in [1.29, 1.82) is 0 Å². The first kappa shape index (κ1) is 12.7. The van der Waals surface area contributed by atoms with Gasteiger partial charge < -0.3 is 0 Å². The lowest BCUT2D eigenvalue weighted by Gasteiger charge is -2.14. The van der Waals surface area contributed by atoms with Crippen LogP contribution in [0.3, 0.4) is 0 Å². The van der Waals surface area contributed by atoms with Crippen LogP contribution in [0, 0.1) is 17.8 Å². The maximum Gasteiger partial charge on any atom is 0.0660 e. The minimum absolute atomic E-state index is 0.556. The maximum atomic E-state index is 4.11. The Morgan fingerprint density at radius 1 is 1.40 bits per heavy atom. The number of thioether (sulfide) groups is 1. The largest absolute Gasteiger partial charge is 0.141 e. The minimum Gasteiger partial charge on any atom is -0.141 e. The molecular formula is C14H22S. The fraction of sp³-hybridized carbons (Fsp3) is 0.714. The molecule has 0 saturated heterocycles. The molecule has 0 spiro atoms. The third kappa shape index (κ3) is 5.33. The summed E-state index contributed by atoms with van der Waals surface area (Å²) in [4.78, 5) is 0. The highest BCUT2D eigenvalue weighted by atomic mass is 32.2. The summed E-state index contributed by atoms with van der Waals surface area (Å²) in [7, 11) is 0. The molecule has 0 saturated carbocycles. The Morgan fingerprint density at radius 2 is 2.20 bits per heavy atom. The van der Waals surface area contributed by atoms with Crippen LogP contribution in [0.25, 0.3) is 0 Å². The molecule has 0 aliphatic heterocycles.